The molecule has 0 atom stereocenters. The number of amides is 1. The van der Waals surface area contributed by atoms with Crippen molar-refractivity contribution in [1.29, 1.82) is 0 Å². The Morgan fingerprint density at radius 1 is 1.38 bits per heavy atom. The lowest BCUT2D eigenvalue weighted by Gasteiger charge is -2.27. The lowest BCUT2D eigenvalue weighted by molar-refractivity contribution is -0.113. The van der Waals surface area contributed by atoms with Gasteiger partial charge >= 0.3 is 0 Å². The van der Waals surface area contributed by atoms with Gasteiger partial charge < -0.3 is 10.6 Å². The van der Waals surface area contributed by atoms with E-state index in [1.54, 1.807) is 11.8 Å². The van der Waals surface area contributed by atoms with Gasteiger partial charge in [0.1, 0.15) is 0 Å². The minimum Gasteiger partial charge on any atom is -0.324 e. The fraction of sp³-hybridized carbons (Fsp3) is 0.417. The summed E-state index contributed by atoms with van der Waals surface area (Å²) in [4.78, 5) is 12.4. The van der Waals surface area contributed by atoms with Crippen LogP contribution in [-0.2, 0) is 11.2 Å². The van der Waals surface area contributed by atoms with E-state index in [1.807, 2.05) is 6.07 Å². The molecule has 2 aliphatic heterocycles. The van der Waals surface area contributed by atoms with Crippen LogP contribution in [0.15, 0.2) is 23.1 Å². The van der Waals surface area contributed by atoms with E-state index in [0.717, 1.165) is 31.1 Å². The van der Waals surface area contributed by atoms with Crippen LogP contribution in [0.25, 0.3) is 0 Å². The number of hydrogen-bond acceptors (Lipinski definition) is 3. The first-order valence-corrected chi connectivity index (χ1v) is 6.56. The quantitative estimate of drug-likeness (QED) is 0.814. The zero-order valence-corrected chi connectivity index (χ0v) is 9.77. The maximum Gasteiger partial charge on any atom is 0.234 e. The summed E-state index contributed by atoms with van der Waals surface area (Å²) >= 11 is 1.64. The van der Waals surface area contributed by atoms with Gasteiger partial charge in [-0.25, -0.2) is 0 Å². The van der Waals surface area contributed by atoms with E-state index >= 15 is 0 Å². The largest absolute Gasteiger partial charge is 0.324 e. The summed E-state index contributed by atoms with van der Waals surface area (Å²) < 4.78 is 0. The molecule has 0 radical (unpaired) electrons. The maximum atomic E-state index is 11.2. The zero-order valence-electron chi connectivity index (χ0n) is 8.95. The molecule has 3 rings (SSSR count). The lowest BCUT2D eigenvalue weighted by atomic mass is 9.94. The Morgan fingerprint density at radius 3 is 3.00 bits per heavy atom. The second-order valence-corrected chi connectivity index (χ2v) is 5.41. The van der Waals surface area contributed by atoms with Gasteiger partial charge in [0.25, 0.3) is 0 Å². The van der Waals surface area contributed by atoms with Gasteiger partial charge in [0.05, 0.1) is 11.4 Å². The number of anilines is 1. The van der Waals surface area contributed by atoms with Crippen LogP contribution in [0.2, 0.25) is 0 Å². The molecule has 2 N–H and O–H groups in total. The van der Waals surface area contributed by atoms with E-state index in [4.69, 9.17) is 0 Å². The average Bonchev–Trinajstić information content (AvgIpc) is 2.23. The molecule has 1 aromatic rings. The fourth-order valence-corrected chi connectivity index (χ4v) is 2.94. The SMILES string of the molecule is O=C1CSc2cc(CC3CNC3)ccc2N1. The Morgan fingerprint density at radius 2 is 2.25 bits per heavy atom. The Hall–Kier alpha value is -1.00. The number of fused-ring (bicyclic) bond motifs is 1. The maximum absolute atomic E-state index is 11.2. The highest BCUT2D eigenvalue weighted by atomic mass is 32.2. The van der Waals surface area contributed by atoms with Crippen LogP contribution in [0.3, 0.4) is 0 Å². The molecule has 0 aromatic heterocycles. The summed E-state index contributed by atoms with van der Waals surface area (Å²) in [6.45, 7) is 2.28. The van der Waals surface area contributed by atoms with Crippen molar-refractivity contribution < 1.29 is 4.79 Å². The Balaban J connectivity index is 1.78. The minimum absolute atomic E-state index is 0.105. The van der Waals surface area contributed by atoms with Crippen LogP contribution < -0.4 is 10.6 Å². The first-order chi connectivity index (χ1) is 7.81. The van der Waals surface area contributed by atoms with Crippen molar-refractivity contribution in [2.24, 2.45) is 5.92 Å². The Bertz CT molecular complexity index is 429. The number of carbonyl (C=O) groups excluding carboxylic acids is 1. The monoisotopic (exact) mass is 234 g/mol. The number of benzene rings is 1. The first kappa shape index (κ1) is 10.2. The third-order valence-corrected chi connectivity index (χ3v) is 4.12. The number of hydrogen-bond donors (Lipinski definition) is 2. The molecule has 0 spiro atoms. The topological polar surface area (TPSA) is 41.1 Å². The summed E-state index contributed by atoms with van der Waals surface area (Å²) in [5.74, 6) is 1.44. The summed E-state index contributed by atoms with van der Waals surface area (Å²) in [7, 11) is 0. The Labute approximate surface area is 99.0 Å². The predicted octanol–water partition coefficient (Wildman–Crippen LogP) is 1.49. The van der Waals surface area contributed by atoms with Crippen LogP contribution in [0, 0.1) is 5.92 Å². The van der Waals surface area contributed by atoms with Gasteiger partial charge in [-0.15, -0.1) is 11.8 Å². The van der Waals surface area contributed by atoms with E-state index in [1.165, 1.54) is 10.5 Å². The molecule has 1 amide bonds. The molecule has 0 bridgehead atoms. The highest BCUT2D eigenvalue weighted by Gasteiger charge is 2.19. The highest BCUT2D eigenvalue weighted by molar-refractivity contribution is 8.00. The van der Waals surface area contributed by atoms with Crippen molar-refractivity contribution >= 4 is 23.4 Å². The van der Waals surface area contributed by atoms with Crippen LogP contribution in [0.4, 0.5) is 5.69 Å². The summed E-state index contributed by atoms with van der Waals surface area (Å²) in [5.41, 5.74) is 2.35. The van der Waals surface area contributed by atoms with E-state index < -0.39 is 0 Å². The van der Waals surface area contributed by atoms with Crippen LogP contribution in [0.1, 0.15) is 5.56 Å². The van der Waals surface area contributed by atoms with Crippen molar-refractivity contribution in [2.75, 3.05) is 24.2 Å². The molecule has 4 heteroatoms. The highest BCUT2D eigenvalue weighted by Crippen LogP contribution is 2.32. The number of carbonyl (C=O) groups is 1. The first-order valence-electron chi connectivity index (χ1n) is 5.57. The van der Waals surface area contributed by atoms with Crippen molar-refractivity contribution in [3.05, 3.63) is 23.8 Å². The number of rotatable bonds is 2. The molecule has 0 saturated carbocycles. The zero-order chi connectivity index (χ0) is 11.0. The summed E-state index contributed by atoms with van der Waals surface area (Å²) in [6.07, 6.45) is 1.15. The fourth-order valence-electron chi connectivity index (χ4n) is 2.07. The van der Waals surface area contributed by atoms with E-state index in [0.29, 0.717) is 5.75 Å². The molecule has 0 aliphatic carbocycles. The predicted molar refractivity (Wildman–Crippen MR) is 65.9 cm³/mol. The van der Waals surface area contributed by atoms with Gasteiger partial charge in [-0.2, -0.15) is 0 Å². The van der Waals surface area contributed by atoms with Crippen molar-refractivity contribution in [2.45, 2.75) is 11.3 Å². The standard InChI is InChI=1S/C12H14N2OS/c15-12-7-16-11-4-8(1-2-10(11)14-12)3-9-5-13-6-9/h1-2,4,9,13H,3,5-7H2,(H,14,15). The summed E-state index contributed by atoms with van der Waals surface area (Å²) in [6, 6.07) is 6.38. The van der Waals surface area contributed by atoms with Gasteiger partial charge in [-0.1, -0.05) is 6.07 Å². The second-order valence-electron chi connectivity index (χ2n) is 4.40. The third kappa shape index (κ3) is 1.95. The second kappa shape index (κ2) is 4.11. The third-order valence-electron chi connectivity index (χ3n) is 3.07. The molecule has 16 heavy (non-hydrogen) atoms. The Kier molecular flexibility index (Phi) is 2.61. The molecule has 1 aromatic carbocycles. The van der Waals surface area contributed by atoms with Crippen molar-refractivity contribution in [1.82, 2.24) is 5.32 Å². The van der Waals surface area contributed by atoms with Crippen molar-refractivity contribution in [3.63, 3.8) is 0 Å². The van der Waals surface area contributed by atoms with Gasteiger partial charge in [-0.05, 0) is 43.1 Å². The molecule has 1 fully saturated rings. The van der Waals surface area contributed by atoms with Gasteiger partial charge in [0.2, 0.25) is 5.91 Å². The molecule has 1 saturated heterocycles. The average molecular weight is 234 g/mol. The van der Waals surface area contributed by atoms with E-state index in [-0.39, 0.29) is 5.91 Å². The smallest absolute Gasteiger partial charge is 0.234 e. The van der Waals surface area contributed by atoms with E-state index in [9.17, 15) is 4.79 Å². The molecular weight excluding hydrogens is 220 g/mol. The molecule has 3 nitrogen and oxygen atoms in total. The molecular formula is C12H14N2OS. The minimum atomic E-state index is 0.105. The molecule has 2 aliphatic rings. The van der Waals surface area contributed by atoms with Crippen molar-refractivity contribution in [3.8, 4) is 0 Å². The summed E-state index contributed by atoms with van der Waals surface area (Å²) in [5, 5.41) is 6.18. The van der Waals surface area contributed by atoms with Crippen LogP contribution in [0.5, 0.6) is 0 Å². The van der Waals surface area contributed by atoms with Gasteiger partial charge in [0.15, 0.2) is 0 Å². The molecule has 84 valence electrons. The van der Waals surface area contributed by atoms with Crippen LogP contribution in [-0.4, -0.2) is 24.7 Å². The van der Waals surface area contributed by atoms with Gasteiger partial charge in [0, 0.05) is 4.90 Å². The van der Waals surface area contributed by atoms with Crippen LogP contribution >= 0.6 is 11.8 Å². The number of thioether (sulfide) groups is 1. The molecule has 2 heterocycles. The van der Waals surface area contributed by atoms with E-state index in [2.05, 4.69) is 22.8 Å². The molecule has 0 unspecified atom stereocenters. The number of nitrogens with one attached hydrogen (secondary N) is 2. The van der Waals surface area contributed by atoms with Gasteiger partial charge in [-0.3, -0.25) is 4.79 Å². The normalized spacial score (nSPS) is 19.9. The lowest BCUT2D eigenvalue weighted by Crippen LogP contribution is -2.43.